The van der Waals surface area contributed by atoms with Gasteiger partial charge < -0.3 is 0 Å². The van der Waals surface area contributed by atoms with E-state index in [1.54, 1.807) is 0 Å². The topological polar surface area (TPSA) is 0 Å². The van der Waals surface area contributed by atoms with Crippen LogP contribution >= 0.6 is 122 Å². The van der Waals surface area contributed by atoms with Crippen molar-refractivity contribution >= 4 is 122 Å². The third-order valence-corrected chi connectivity index (χ3v) is 0. The molecule has 0 aromatic heterocycles. The molecule has 0 aromatic rings. The summed E-state index contributed by atoms with van der Waals surface area (Å²) in [5.41, 5.74) is 0. The van der Waals surface area contributed by atoms with E-state index in [0.717, 1.165) is 0 Å². The zero-order valence-electron chi connectivity index (χ0n) is 2.57. The summed E-state index contributed by atoms with van der Waals surface area (Å²) < 4.78 is -1.62. The quantitative estimate of drug-likeness (QED) is 0.230. The van der Waals surface area contributed by atoms with Crippen LogP contribution in [-0.4, -0.2) is 0 Å². The first-order valence-corrected chi connectivity index (χ1v) is 18.9. The monoisotopic (exact) mass is 824 g/mol. The molecule has 0 aliphatic heterocycles. The average molecular weight is 825 g/mol. The first-order valence-electron chi connectivity index (χ1n) is 0.684. The zero-order chi connectivity index (χ0) is 6.41. The maximum absolute atomic E-state index is 2.49. The Morgan fingerprint density at radius 1 is 0.571 bits per heavy atom. The van der Waals surface area contributed by atoms with Gasteiger partial charge in [0.25, 0.3) is 0 Å². The van der Waals surface area contributed by atoms with E-state index in [9.17, 15) is 0 Å². The fraction of sp³-hybridized carbons (Fsp3) is 0. The van der Waals surface area contributed by atoms with Gasteiger partial charge in [0, 0.05) is 0 Å². The Balaban J connectivity index is 4.43. The van der Waals surface area contributed by atoms with Crippen LogP contribution in [0.3, 0.4) is 0 Å². The molecule has 0 N–H and O–H groups in total. The SMILES string of the molecule is [I][Cu]([I])([I])([I])([I])[I]. The molecule has 0 atom stereocenters. The molecule has 0 unspecified atom stereocenters. The van der Waals surface area contributed by atoms with Gasteiger partial charge in [0.05, 0.1) is 0 Å². The molecule has 0 aromatic carbocycles. The van der Waals surface area contributed by atoms with Crippen LogP contribution in [0.5, 0.6) is 0 Å². The van der Waals surface area contributed by atoms with Gasteiger partial charge in [-0.3, -0.25) is 0 Å². The van der Waals surface area contributed by atoms with Gasteiger partial charge in [-0.15, -0.1) is 0 Å². The van der Waals surface area contributed by atoms with Crippen molar-refractivity contribution in [3.63, 3.8) is 0 Å². The van der Waals surface area contributed by atoms with Gasteiger partial charge in [-0.1, -0.05) is 0 Å². The van der Waals surface area contributed by atoms with Gasteiger partial charge in [0.15, 0.2) is 0 Å². The van der Waals surface area contributed by atoms with Crippen LogP contribution in [0.2, 0.25) is 0 Å². The molecule has 0 nitrogen and oxygen atoms in total. The molecule has 7 heavy (non-hydrogen) atoms. The second-order valence-corrected chi connectivity index (χ2v) is 120. The third-order valence-electron chi connectivity index (χ3n) is 0. The van der Waals surface area contributed by atoms with Crippen LogP contribution in [0, 0.1) is 0 Å². The van der Waals surface area contributed by atoms with E-state index in [0.29, 0.717) is 0 Å². The second kappa shape index (κ2) is 2.70. The average Bonchev–Trinajstić information content (AvgIpc) is 0.592. The summed E-state index contributed by atoms with van der Waals surface area (Å²) in [5, 5.41) is 0. The predicted molar refractivity (Wildman–Crippen MR) is 84.1 cm³/mol. The van der Waals surface area contributed by atoms with Gasteiger partial charge in [-0.2, -0.15) is 0 Å². The molecule has 0 fully saturated rings. The Morgan fingerprint density at radius 3 is 0.571 bits per heavy atom. The fourth-order valence-electron chi connectivity index (χ4n) is 0. The summed E-state index contributed by atoms with van der Waals surface area (Å²) in [4.78, 5) is 0. The van der Waals surface area contributed by atoms with Crippen LogP contribution in [-0.2, 0) is -8.77 Å². The zero-order valence-corrected chi connectivity index (χ0v) is 16.5. The minimum atomic E-state index is -1.62. The normalized spacial score (nSPS) is 23.1. The molecule has 53 valence electrons. The van der Waals surface area contributed by atoms with Crippen LogP contribution < -0.4 is 0 Å². The van der Waals surface area contributed by atoms with E-state index in [2.05, 4.69) is 122 Å². The van der Waals surface area contributed by atoms with E-state index in [1.807, 2.05) is 0 Å². The molecular weight excluding hydrogens is 825 g/mol. The molecule has 0 amide bonds. The standard InChI is InChI=1S/Cu.6HI/h;6*1H/q+6;;;;;;/p-6. The number of rotatable bonds is 0. The van der Waals surface area contributed by atoms with Crippen LogP contribution in [0.4, 0.5) is 0 Å². The van der Waals surface area contributed by atoms with Crippen molar-refractivity contribution in [1.82, 2.24) is 0 Å². The molecule has 0 aliphatic carbocycles. The number of hydrogen-bond donors (Lipinski definition) is 0. The summed E-state index contributed by atoms with van der Waals surface area (Å²) in [6.45, 7) is 0. The molecule has 0 bridgehead atoms. The first kappa shape index (κ1) is 11.9. The second-order valence-electron chi connectivity index (χ2n) is 0.646. The minimum absolute atomic E-state index is 1.62. The Kier molecular flexibility index (Phi) is 4.59. The Morgan fingerprint density at radius 2 is 0.571 bits per heavy atom. The van der Waals surface area contributed by atoms with E-state index < -0.39 is -8.77 Å². The van der Waals surface area contributed by atoms with Crippen LogP contribution in [0.25, 0.3) is 0 Å². The third kappa shape index (κ3) is 36.0. The molecule has 0 saturated carbocycles. The Labute approximate surface area is 109 Å². The predicted octanol–water partition coefficient (Wildman–Crippen LogP) is 5.31. The first-order chi connectivity index (χ1) is 2.45. The molecule has 0 heterocycles. The molecular formula is CuI6. The van der Waals surface area contributed by atoms with E-state index >= 15 is 0 Å². The van der Waals surface area contributed by atoms with Gasteiger partial charge in [-0.05, 0) is 0 Å². The molecule has 7 heteroatoms. The van der Waals surface area contributed by atoms with Crippen LogP contribution in [0.15, 0.2) is 0 Å². The van der Waals surface area contributed by atoms with Crippen molar-refractivity contribution in [2.75, 3.05) is 0 Å². The molecule has 0 rings (SSSR count). The summed E-state index contributed by atoms with van der Waals surface area (Å²) in [5.74, 6) is 0. The molecule has 0 aliphatic rings. The van der Waals surface area contributed by atoms with Gasteiger partial charge in [0.2, 0.25) is 0 Å². The Hall–Kier alpha value is 4.90. The summed E-state index contributed by atoms with van der Waals surface area (Å²) in [7, 11) is 0. The molecule has 0 spiro atoms. The van der Waals surface area contributed by atoms with Crippen molar-refractivity contribution < 1.29 is -8.77 Å². The molecule has 0 saturated heterocycles. The summed E-state index contributed by atoms with van der Waals surface area (Å²) in [6, 6.07) is 0. The van der Waals surface area contributed by atoms with Crippen molar-refractivity contribution in [2.24, 2.45) is 0 Å². The van der Waals surface area contributed by atoms with E-state index in [4.69, 9.17) is 0 Å². The maximum atomic E-state index is 2.49. The van der Waals surface area contributed by atoms with Crippen molar-refractivity contribution in [1.29, 1.82) is 0 Å². The van der Waals surface area contributed by atoms with Gasteiger partial charge >= 0.3 is 113 Å². The van der Waals surface area contributed by atoms with E-state index in [1.165, 1.54) is 0 Å². The van der Waals surface area contributed by atoms with Crippen molar-refractivity contribution in [3.05, 3.63) is 0 Å². The number of hydrogen-bond acceptors (Lipinski definition) is 0. The summed E-state index contributed by atoms with van der Waals surface area (Å²) in [6.07, 6.45) is 0. The summed E-state index contributed by atoms with van der Waals surface area (Å²) >= 11 is 15.0. The van der Waals surface area contributed by atoms with Gasteiger partial charge in [-0.25, -0.2) is 0 Å². The van der Waals surface area contributed by atoms with E-state index in [-0.39, 0.29) is 0 Å². The fourth-order valence-corrected chi connectivity index (χ4v) is 0. The number of halogens is 6. The van der Waals surface area contributed by atoms with Gasteiger partial charge in [0.1, 0.15) is 0 Å². The Bertz CT molecular complexity index is 62.7. The van der Waals surface area contributed by atoms with Crippen molar-refractivity contribution in [3.8, 4) is 0 Å². The van der Waals surface area contributed by atoms with Crippen LogP contribution in [0.1, 0.15) is 0 Å². The molecule has 0 radical (unpaired) electrons. The van der Waals surface area contributed by atoms with Crippen molar-refractivity contribution in [2.45, 2.75) is 0 Å².